The fourth-order valence-electron chi connectivity index (χ4n) is 3.46. The number of nitrogens with zero attached hydrogens (tertiary/aromatic N) is 2. The molecule has 168 valence electrons. The normalized spacial score (nSPS) is 12.0. The van der Waals surface area contributed by atoms with Crippen LogP contribution in [-0.4, -0.2) is 31.0 Å². The largest absolute Gasteiger partial charge is 0.497 e. The molecule has 0 unspecified atom stereocenters. The van der Waals surface area contributed by atoms with Crippen LogP contribution in [0.3, 0.4) is 0 Å². The summed E-state index contributed by atoms with van der Waals surface area (Å²) in [6, 6.07) is 22.4. The molecular formula is C24H22N4O4S. The molecule has 33 heavy (non-hydrogen) atoms. The van der Waals surface area contributed by atoms with Crippen molar-refractivity contribution >= 4 is 21.4 Å². The highest BCUT2D eigenvalue weighted by Crippen LogP contribution is 2.25. The van der Waals surface area contributed by atoms with Crippen molar-refractivity contribution in [3.63, 3.8) is 0 Å². The van der Waals surface area contributed by atoms with Crippen LogP contribution in [0.15, 0.2) is 93.5 Å². The van der Waals surface area contributed by atoms with Gasteiger partial charge in [-0.1, -0.05) is 18.2 Å². The van der Waals surface area contributed by atoms with Gasteiger partial charge in [-0.05, 0) is 67.6 Å². The lowest BCUT2D eigenvalue weighted by Gasteiger charge is -2.05. The maximum Gasteiger partial charge on any atom is 0.280 e. The standard InChI is InChI=1S/C24H22N4O4S/c1-16(26-18-10-14-21(15-11-18)33(25,30)31)22-23(17-8-12-20(32-2)13-9-17)27-28(24(22)29)19-6-4-3-5-7-19/h3-15,27H,1-2H3,(H2,25,30,31). The summed E-state index contributed by atoms with van der Waals surface area (Å²) in [6.07, 6.45) is 0. The second kappa shape index (κ2) is 8.89. The summed E-state index contributed by atoms with van der Waals surface area (Å²) in [7, 11) is -2.21. The van der Waals surface area contributed by atoms with Crippen molar-refractivity contribution in [1.82, 2.24) is 9.78 Å². The number of benzene rings is 3. The van der Waals surface area contributed by atoms with Crippen LogP contribution in [0.5, 0.6) is 5.75 Å². The molecule has 3 N–H and O–H groups in total. The summed E-state index contributed by atoms with van der Waals surface area (Å²) in [5, 5.41) is 8.36. The van der Waals surface area contributed by atoms with E-state index in [1.165, 1.54) is 16.8 Å². The minimum atomic E-state index is -3.80. The number of nitrogens with two attached hydrogens (primary N) is 1. The van der Waals surface area contributed by atoms with Gasteiger partial charge in [0.25, 0.3) is 5.56 Å². The lowest BCUT2D eigenvalue weighted by Crippen LogP contribution is -2.19. The lowest BCUT2D eigenvalue weighted by molar-refractivity contribution is 0.415. The maximum atomic E-state index is 13.4. The summed E-state index contributed by atoms with van der Waals surface area (Å²) in [5.41, 5.74) is 3.20. The first-order valence-corrected chi connectivity index (χ1v) is 11.6. The number of sulfonamides is 1. The van der Waals surface area contributed by atoms with Crippen LogP contribution < -0.4 is 15.4 Å². The summed E-state index contributed by atoms with van der Waals surface area (Å²) < 4.78 is 29.7. The molecule has 3 aromatic carbocycles. The highest BCUT2D eigenvalue weighted by molar-refractivity contribution is 7.89. The van der Waals surface area contributed by atoms with E-state index in [0.29, 0.717) is 34.1 Å². The van der Waals surface area contributed by atoms with Gasteiger partial charge in [0.05, 0.1) is 40.3 Å². The Morgan fingerprint density at radius 1 is 0.970 bits per heavy atom. The molecule has 0 bridgehead atoms. The maximum absolute atomic E-state index is 13.4. The van der Waals surface area contributed by atoms with E-state index in [2.05, 4.69) is 10.1 Å². The van der Waals surface area contributed by atoms with Gasteiger partial charge in [0.1, 0.15) is 5.75 Å². The number of ether oxygens (including phenoxy) is 1. The molecule has 8 nitrogen and oxygen atoms in total. The van der Waals surface area contributed by atoms with Crippen molar-refractivity contribution < 1.29 is 13.2 Å². The molecule has 4 aromatic rings. The summed E-state index contributed by atoms with van der Waals surface area (Å²) in [4.78, 5) is 18.0. The smallest absolute Gasteiger partial charge is 0.280 e. The van der Waals surface area contributed by atoms with Crippen molar-refractivity contribution in [2.24, 2.45) is 10.1 Å². The SMILES string of the molecule is COc1ccc(-c2[nH]n(-c3ccccc3)c(=O)c2C(C)=Nc2ccc(S(N)(=O)=O)cc2)cc1. The number of hydrogen-bond donors (Lipinski definition) is 2. The van der Waals surface area contributed by atoms with E-state index in [-0.39, 0.29) is 10.5 Å². The zero-order chi connectivity index (χ0) is 23.6. The van der Waals surface area contributed by atoms with E-state index in [4.69, 9.17) is 9.88 Å². The highest BCUT2D eigenvalue weighted by atomic mass is 32.2. The average molecular weight is 463 g/mol. The predicted octanol–water partition coefficient (Wildman–Crippen LogP) is 3.63. The van der Waals surface area contributed by atoms with Crippen LogP contribution in [-0.2, 0) is 10.0 Å². The van der Waals surface area contributed by atoms with Crippen LogP contribution in [0.4, 0.5) is 5.69 Å². The first-order chi connectivity index (χ1) is 15.8. The summed E-state index contributed by atoms with van der Waals surface area (Å²) >= 11 is 0. The third-order valence-electron chi connectivity index (χ3n) is 5.11. The Kier molecular flexibility index (Phi) is 5.99. The molecule has 0 aliphatic carbocycles. The number of H-pyrrole nitrogens is 1. The molecule has 9 heteroatoms. The van der Waals surface area contributed by atoms with E-state index < -0.39 is 10.0 Å². The number of para-hydroxylation sites is 1. The molecule has 0 saturated carbocycles. The van der Waals surface area contributed by atoms with Crippen molar-refractivity contribution in [3.8, 4) is 22.7 Å². The fourth-order valence-corrected chi connectivity index (χ4v) is 3.97. The van der Waals surface area contributed by atoms with Crippen LogP contribution in [0.1, 0.15) is 12.5 Å². The summed E-state index contributed by atoms with van der Waals surface area (Å²) in [5.74, 6) is 0.700. The fraction of sp³-hybridized carbons (Fsp3) is 0.0833. The van der Waals surface area contributed by atoms with E-state index in [1.807, 2.05) is 54.6 Å². The number of rotatable bonds is 6. The van der Waals surface area contributed by atoms with Gasteiger partial charge in [0, 0.05) is 5.56 Å². The molecule has 1 heterocycles. The molecular weight excluding hydrogens is 440 g/mol. The first kappa shape index (κ1) is 22.3. The van der Waals surface area contributed by atoms with Crippen molar-refractivity contribution in [3.05, 3.63) is 94.8 Å². The minimum Gasteiger partial charge on any atom is -0.497 e. The van der Waals surface area contributed by atoms with Gasteiger partial charge in [0.15, 0.2) is 0 Å². The van der Waals surface area contributed by atoms with E-state index in [0.717, 1.165) is 5.56 Å². The number of methoxy groups -OCH3 is 1. The second-order valence-corrected chi connectivity index (χ2v) is 8.86. The molecule has 0 saturated heterocycles. The van der Waals surface area contributed by atoms with Crippen molar-refractivity contribution in [2.45, 2.75) is 11.8 Å². The van der Waals surface area contributed by atoms with Crippen molar-refractivity contribution in [1.29, 1.82) is 0 Å². The zero-order valence-electron chi connectivity index (χ0n) is 18.0. The lowest BCUT2D eigenvalue weighted by atomic mass is 10.0. The van der Waals surface area contributed by atoms with Crippen LogP contribution >= 0.6 is 0 Å². The number of aromatic amines is 1. The Morgan fingerprint density at radius 2 is 1.61 bits per heavy atom. The zero-order valence-corrected chi connectivity index (χ0v) is 18.8. The van der Waals surface area contributed by atoms with E-state index >= 15 is 0 Å². The molecule has 0 radical (unpaired) electrons. The van der Waals surface area contributed by atoms with Gasteiger partial charge in [-0.2, -0.15) is 0 Å². The molecule has 0 aliphatic rings. The molecule has 0 fully saturated rings. The molecule has 0 atom stereocenters. The topological polar surface area (TPSA) is 120 Å². The molecule has 0 spiro atoms. The Morgan fingerprint density at radius 3 is 2.18 bits per heavy atom. The van der Waals surface area contributed by atoms with Crippen molar-refractivity contribution in [2.75, 3.05) is 7.11 Å². The third-order valence-corrected chi connectivity index (χ3v) is 6.04. The highest BCUT2D eigenvalue weighted by Gasteiger charge is 2.19. The first-order valence-electron chi connectivity index (χ1n) is 10.0. The number of primary sulfonamides is 1. The molecule has 0 amide bonds. The Labute approximate surface area is 191 Å². The van der Waals surface area contributed by atoms with Gasteiger partial charge in [0.2, 0.25) is 10.0 Å². The van der Waals surface area contributed by atoms with E-state index in [1.54, 1.807) is 26.2 Å². The van der Waals surface area contributed by atoms with Crippen LogP contribution in [0.25, 0.3) is 16.9 Å². The minimum absolute atomic E-state index is 0.00824. The second-order valence-electron chi connectivity index (χ2n) is 7.30. The van der Waals surface area contributed by atoms with Crippen LogP contribution in [0.2, 0.25) is 0 Å². The van der Waals surface area contributed by atoms with Gasteiger partial charge in [-0.25, -0.2) is 18.2 Å². The quantitative estimate of drug-likeness (QED) is 0.425. The van der Waals surface area contributed by atoms with Gasteiger partial charge < -0.3 is 4.74 Å². The number of aromatic nitrogens is 2. The molecule has 4 rings (SSSR count). The molecule has 0 aliphatic heterocycles. The Bertz CT molecular complexity index is 1470. The van der Waals surface area contributed by atoms with E-state index in [9.17, 15) is 13.2 Å². The average Bonchev–Trinajstić information content (AvgIpc) is 3.16. The number of nitrogens with one attached hydrogen (secondary N) is 1. The number of aliphatic imine (C=N–C) groups is 1. The third kappa shape index (κ3) is 4.64. The van der Waals surface area contributed by atoms with Crippen LogP contribution in [0, 0.1) is 0 Å². The van der Waals surface area contributed by atoms with Gasteiger partial charge in [-0.3, -0.25) is 14.9 Å². The predicted molar refractivity (Wildman–Crippen MR) is 128 cm³/mol. The summed E-state index contributed by atoms with van der Waals surface area (Å²) in [6.45, 7) is 1.74. The Balaban J connectivity index is 1.85. The van der Waals surface area contributed by atoms with Gasteiger partial charge >= 0.3 is 0 Å². The Hall–Kier alpha value is -3.95. The van der Waals surface area contributed by atoms with Gasteiger partial charge in [-0.15, -0.1) is 0 Å². The number of hydrogen-bond acceptors (Lipinski definition) is 5. The monoisotopic (exact) mass is 462 g/mol. The molecule has 1 aromatic heterocycles.